The number of hydrogen-bond donors (Lipinski definition) is 2. The van der Waals surface area contributed by atoms with E-state index < -0.39 is 7.37 Å². The molecule has 0 saturated carbocycles. The Balaban J connectivity index is 0.000000755. The molecule has 0 aliphatic carbocycles. The summed E-state index contributed by atoms with van der Waals surface area (Å²) < 4.78 is 19.3. The number of rotatable bonds is 5. The van der Waals surface area contributed by atoms with Gasteiger partial charge in [-0.3, -0.25) is 9.66 Å². The van der Waals surface area contributed by atoms with Crippen molar-refractivity contribution in [3.05, 3.63) is 79.0 Å². The molecule has 29 heavy (non-hydrogen) atoms. The second-order valence-corrected chi connectivity index (χ2v) is 9.37. The fraction of sp³-hybridized carbons (Fsp3) is 0.174. The third kappa shape index (κ3) is 4.52. The lowest BCUT2D eigenvalue weighted by Crippen LogP contribution is -2.11. The summed E-state index contributed by atoms with van der Waals surface area (Å²) >= 11 is 0. The van der Waals surface area contributed by atoms with Crippen molar-refractivity contribution < 1.29 is 9.09 Å². The van der Waals surface area contributed by atoms with E-state index in [-0.39, 0.29) is 0 Å². The average molecular weight is 407 g/mol. The van der Waals surface area contributed by atoms with E-state index in [2.05, 4.69) is 21.8 Å². The Bertz CT molecular complexity index is 1150. The maximum Gasteiger partial charge on any atom is 0.276 e. The van der Waals surface area contributed by atoms with Crippen LogP contribution in [0.4, 0.5) is 0 Å². The smallest absolute Gasteiger partial charge is 0.276 e. The van der Waals surface area contributed by atoms with Gasteiger partial charge in [0.2, 0.25) is 0 Å². The van der Waals surface area contributed by atoms with E-state index in [1.165, 1.54) is 0 Å². The largest absolute Gasteiger partial charge is 0.440 e. The van der Waals surface area contributed by atoms with Crippen LogP contribution in [0.15, 0.2) is 73.4 Å². The molecule has 4 rings (SSSR count). The number of allylic oxidation sites excluding steroid dienone is 1. The van der Waals surface area contributed by atoms with Gasteiger partial charge in [-0.15, -0.1) is 6.58 Å². The average Bonchev–Trinajstić information content (AvgIpc) is 3.34. The Morgan fingerprint density at radius 3 is 2.52 bits per heavy atom. The molecule has 0 aliphatic heterocycles. The number of H-pyrrole nitrogens is 2. The van der Waals surface area contributed by atoms with Gasteiger partial charge in [-0.2, -0.15) is 5.10 Å². The van der Waals surface area contributed by atoms with Gasteiger partial charge < -0.3 is 9.51 Å². The zero-order chi connectivity index (χ0) is 20.9. The highest BCUT2D eigenvalue weighted by Gasteiger charge is 2.25. The zero-order valence-corrected chi connectivity index (χ0v) is 17.9. The molecule has 0 aliphatic rings. The van der Waals surface area contributed by atoms with Crippen LogP contribution >= 0.6 is 7.37 Å². The van der Waals surface area contributed by atoms with Crippen LogP contribution in [0.1, 0.15) is 19.4 Å². The summed E-state index contributed by atoms with van der Waals surface area (Å²) in [6, 6.07) is 17.1. The van der Waals surface area contributed by atoms with Gasteiger partial charge in [-0.25, -0.2) is 0 Å². The highest BCUT2D eigenvalue weighted by molar-refractivity contribution is 7.67. The molecule has 0 spiro atoms. The summed E-state index contributed by atoms with van der Waals surface area (Å²) in [4.78, 5) is 3.23. The SMILES string of the molecule is C=CC.CCP(=O)(Oc1ccc2[nH]nc(-c3cc(C)c[nH]3)c2c1)c1ccccc1. The van der Waals surface area contributed by atoms with Crippen LogP contribution in [0.3, 0.4) is 0 Å². The lowest BCUT2D eigenvalue weighted by molar-refractivity contribution is 0.494. The molecule has 2 aromatic heterocycles. The van der Waals surface area contributed by atoms with E-state index in [1.54, 1.807) is 6.08 Å². The van der Waals surface area contributed by atoms with E-state index in [4.69, 9.17) is 4.52 Å². The molecule has 0 radical (unpaired) electrons. The fourth-order valence-electron chi connectivity index (χ4n) is 3.02. The van der Waals surface area contributed by atoms with E-state index in [0.717, 1.165) is 33.2 Å². The first kappa shape index (κ1) is 20.7. The minimum atomic E-state index is -2.96. The third-order valence-electron chi connectivity index (χ3n) is 4.44. The number of aromatic amines is 2. The lowest BCUT2D eigenvalue weighted by atomic mass is 10.1. The normalized spacial score (nSPS) is 12.7. The molecular formula is C23H26N3O2P. The molecule has 4 aromatic rings. The van der Waals surface area contributed by atoms with Crippen molar-refractivity contribution in [3.8, 4) is 17.1 Å². The quantitative estimate of drug-likeness (QED) is 0.312. The van der Waals surface area contributed by atoms with E-state index >= 15 is 0 Å². The standard InChI is InChI=1S/C20H20N3O2P.C3H6/c1-3-26(24,16-7-5-4-6-8-16)25-15-9-10-18-17(12-15)20(23-22-18)19-11-14(2)13-21-19;1-3-2/h4-13,21H,3H2,1-2H3,(H,22,23);3H,1H2,2H3. The van der Waals surface area contributed by atoms with Crippen LogP contribution in [0.5, 0.6) is 5.75 Å². The maximum atomic E-state index is 13.3. The Labute approximate surface area is 171 Å². The first-order valence-corrected chi connectivity index (χ1v) is 11.4. The molecule has 0 bridgehead atoms. The van der Waals surface area contributed by atoms with Crippen molar-refractivity contribution in [2.75, 3.05) is 6.16 Å². The molecule has 5 nitrogen and oxygen atoms in total. The summed E-state index contributed by atoms with van der Waals surface area (Å²) in [7, 11) is -2.96. The fourth-order valence-corrected chi connectivity index (χ4v) is 4.70. The van der Waals surface area contributed by atoms with E-state index in [0.29, 0.717) is 11.9 Å². The molecule has 2 heterocycles. The van der Waals surface area contributed by atoms with Gasteiger partial charge >= 0.3 is 0 Å². The monoisotopic (exact) mass is 407 g/mol. The molecule has 6 heteroatoms. The van der Waals surface area contributed by atoms with Gasteiger partial charge in [-0.05, 0) is 55.8 Å². The van der Waals surface area contributed by atoms with Crippen LogP contribution in [0.25, 0.3) is 22.3 Å². The Kier molecular flexibility index (Phi) is 6.40. The molecule has 1 unspecified atom stereocenters. The summed E-state index contributed by atoms with van der Waals surface area (Å²) in [6.45, 7) is 9.16. The number of benzene rings is 2. The van der Waals surface area contributed by atoms with Crippen molar-refractivity contribution in [3.63, 3.8) is 0 Å². The maximum absolute atomic E-state index is 13.3. The third-order valence-corrected chi connectivity index (χ3v) is 6.86. The van der Waals surface area contributed by atoms with Crippen LogP contribution in [-0.2, 0) is 4.57 Å². The van der Waals surface area contributed by atoms with Crippen LogP contribution < -0.4 is 9.83 Å². The van der Waals surface area contributed by atoms with Crippen molar-refractivity contribution in [2.45, 2.75) is 20.8 Å². The second kappa shape index (κ2) is 8.97. The second-order valence-electron chi connectivity index (χ2n) is 6.70. The van der Waals surface area contributed by atoms with Gasteiger partial charge in [0.15, 0.2) is 0 Å². The van der Waals surface area contributed by atoms with Crippen LogP contribution in [0, 0.1) is 6.92 Å². The predicted molar refractivity (Wildman–Crippen MR) is 121 cm³/mol. The molecule has 150 valence electrons. The Hall–Kier alpha value is -3.04. The van der Waals surface area contributed by atoms with Crippen molar-refractivity contribution in [2.24, 2.45) is 0 Å². The number of nitrogens with zero attached hydrogens (tertiary/aromatic N) is 1. The van der Waals surface area contributed by atoms with Crippen LogP contribution in [-0.4, -0.2) is 21.3 Å². The van der Waals surface area contributed by atoms with Gasteiger partial charge in [0, 0.05) is 23.0 Å². The Morgan fingerprint density at radius 1 is 1.17 bits per heavy atom. The first-order valence-electron chi connectivity index (χ1n) is 9.55. The number of aromatic nitrogens is 3. The summed E-state index contributed by atoms with van der Waals surface area (Å²) in [5.41, 5.74) is 3.81. The number of aryl methyl sites for hydroxylation is 1. The molecule has 2 aromatic carbocycles. The van der Waals surface area contributed by atoms with E-state index in [1.807, 2.05) is 81.6 Å². The molecule has 0 fully saturated rings. The zero-order valence-electron chi connectivity index (χ0n) is 17.0. The van der Waals surface area contributed by atoms with Gasteiger partial charge in [0.25, 0.3) is 7.37 Å². The molecular weight excluding hydrogens is 381 g/mol. The number of fused-ring (bicyclic) bond motifs is 1. The van der Waals surface area contributed by atoms with Gasteiger partial charge in [0.05, 0.1) is 11.2 Å². The van der Waals surface area contributed by atoms with Gasteiger partial charge in [-0.1, -0.05) is 31.2 Å². The predicted octanol–water partition coefficient (Wildman–Crippen LogP) is 6.06. The lowest BCUT2D eigenvalue weighted by Gasteiger charge is -2.18. The molecule has 2 N–H and O–H groups in total. The number of nitrogens with one attached hydrogen (secondary N) is 2. The topological polar surface area (TPSA) is 70.8 Å². The molecule has 1 atom stereocenters. The Morgan fingerprint density at radius 2 is 1.90 bits per heavy atom. The number of hydrogen-bond acceptors (Lipinski definition) is 3. The summed E-state index contributed by atoms with van der Waals surface area (Å²) in [5, 5.41) is 9.11. The van der Waals surface area contributed by atoms with Crippen molar-refractivity contribution in [1.29, 1.82) is 0 Å². The molecule has 0 amide bonds. The summed E-state index contributed by atoms with van der Waals surface area (Å²) in [5.74, 6) is 0.581. The van der Waals surface area contributed by atoms with E-state index in [9.17, 15) is 4.57 Å². The summed E-state index contributed by atoms with van der Waals surface area (Å²) in [6.07, 6.45) is 4.13. The first-order chi connectivity index (χ1) is 14.0. The van der Waals surface area contributed by atoms with Crippen molar-refractivity contribution >= 4 is 23.6 Å². The minimum absolute atomic E-state index is 0.434. The van der Waals surface area contributed by atoms with Crippen LogP contribution in [0.2, 0.25) is 0 Å². The minimum Gasteiger partial charge on any atom is -0.440 e. The highest BCUT2D eigenvalue weighted by Crippen LogP contribution is 2.46. The van der Waals surface area contributed by atoms with Gasteiger partial charge in [0.1, 0.15) is 11.4 Å². The van der Waals surface area contributed by atoms with Crippen molar-refractivity contribution in [1.82, 2.24) is 15.2 Å². The highest BCUT2D eigenvalue weighted by atomic mass is 31.2. The molecule has 0 saturated heterocycles.